The Balaban J connectivity index is 1.89. The number of anilines is 1. The molecule has 3 aromatic rings. The number of nitro groups is 1. The molecule has 3 aromatic carbocycles. The fourth-order valence-corrected chi connectivity index (χ4v) is 5.34. The smallest absolute Gasteiger partial charge is 0.271 e. The summed E-state index contributed by atoms with van der Waals surface area (Å²) in [5.74, 6) is -0.654. The van der Waals surface area contributed by atoms with Gasteiger partial charge in [0, 0.05) is 23.7 Å². The van der Waals surface area contributed by atoms with Crippen LogP contribution in [0.3, 0.4) is 0 Å². The molecule has 0 radical (unpaired) electrons. The molecule has 1 amide bonds. The predicted molar refractivity (Wildman–Crippen MR) is 132 cm³/mol. The first-order valence-corrected chi connectivity index (χ1v) is 12.3. The number of nitrogens with zero attached hydrogens (tertiary/aromatic N) is 2. The molecule has 0 aliphatic carbocycles. The van der Waals surface area contributed by atoms with E-state index < -0.39 is 27.4 Å². The molecule has 0 aliphatic rings. The van der Waals surface area contributed by atoms with Gasteiger partial charge in [-0.05, 0) is 42.7 Å². The Kier molecular flexibility index (Phi) is 8.27. The van der Waals surface area contributed by atoms with Gasteiger partial charge < -0.3 is 5.32 Å². The number of sulfonamides is 1. The van der Waals surface area contributed by atoms with Crippen LogP contribution in [0.1, 0.15) is 11.1 Å². The van der Waals surface area contributed by atoms with Crippen LogP contribution in [0.25, 0.3) is 0 Å². The first-order chi connectivity index (χ1) is 16.1. The Bertz CT molecular complexity index is 1320. The van der Waals surface area contributed by atoms with Gasteiger partial charge in [0.25, 0.3) is 5.69 Å². The number of hydrogen-bond donors (Lipinski definition) is 1. The van der Waals surface area contributed by atoms with E-state index in [1.165, 1.54) is 36.4 Å². The average Bonchev–Trinajstić information content (AvgIpc) is 2.80. The van der Waals surface area contributed by atoms with Crippen molar-refractivity contribution < 1.29 is 18.1 Å². The summed E-state index contributed by atoms with van der Waals surface area (Å²) in [6.45, 7) is 1.14. The van der Waals surface area contributed by atoms with Crippen molar-refractivity contribution in [3.05, 3.63) is 98.0 Å². The number of amides is 1. The monoisotopic (exact) mass is 521 g/mol. The molecular weight excluding hydrogens is 501 g/mol. The van der Waals surface area contributed by atoms with E-state index in [-0.39, 0.29) is 32.9 Å². The Morgan fingerprint density at radius 3 is 2.44 bits per heavy atom. The van der Waals surface area contributed by atoms with E-state index in [9.17, 15) is 23.3 Å². The number of aryl methyl sites for hydroxylation is 1. The summed E-state index contributed by atoms with van der Waals surface area (Å²) < 4.78 is 27.9. The molecule has 0 spiro atoms. The summed E-state index contributed by atoms with van der Waals surface area (Å²) in [4.78, 5) is 23.1. The van der Waals surface area contributed by atoms with Crippen LogP contribution in [0.4, 0.5) is 11.4 Å². The topological polar surface area (TPSA) is 110 Å². The van der Waals surface area contributed by atoms with E-state index >= 15 is 0 Å². The number of hydrogen-bond acceptors (Lipinski definition) is 5. The third kappa shape index (κ3) is 6.32. The maximum atomic E-state index is 13.4. The fraction of sp³-hybridized carbons (Fsp3) is 0.174. The number of non-ortho nitro benzene ring substituents is 1. The molecule has 3 rings (SSSR count). The predicted octanol–water partition coefficient (Wildman–Crippen LogP) is 5.08. The number of halogens is 2. The number of nitro benzene ring substituents is 1. The van der Waals surface area contributed by atoms with E-state index in [4.69, 9.17) is 23.2 Å². The third-order valence-electron chi connectivity index (χ3n) is 5.03. The van der Waals surface area contributed by atoms with Crippen LogP contribution in [-0.4, -0.2) is 36.6 Å². The molecule has 0 fully saturated rings. The minimum absolute atomic E-state index is 0.00344. The van der Waals surface area contributed by atoms with Crippen LogP contribution in [0.15, 0.2) is 71.6 Å². The lowest BCUT2D eigenvalue weighted by Gasteiger charge is -2.23. The zero-order chi connectivity index (χ0) is 24.9. The lowest BCUT2D eigenvalue weighted by Crippen LogP contribution is -2.39. The third-order valence-corrected chi connectivity index (χ3v) is 7.59. The highest BCUT2D eigenvalue weighted by Gasteiger charge is 2.29. The van der Waals surface area contributed by atoms with Gasteiger partial charge in [0.15, 0.2) is 0 Å². The van der Waals surface area contributed by atoms with Crippen LogP contribution >= 0.6 is 23.2 Å². The highest BCUT2D eigenvalue weighted by atomic mass is 35.5. The lowest BCUT2D eigenvalue weighted by molar-refractivity contribution is -0.384. The van der Waals surface area contributed by atoms with Crippen molar-refractivity contribution in [2.45, 2.75) is 18.2 Å². The van der Waals surface area contributed by atoms with Gasteiger partial charge in [0.1, 0.15) is 4.90 Å². The molecule has 1 N–H and O–H groups in total. The SMILES string of the molecule is Cc1ccc([N+](=O)[O-])cc1NC(=O)CN(CCc1ccccc1)S(=O)(=O)c1cc(Cl)ccc1Cl. The highest BCUT2D eigenvalue weighted by Crippen LogP contribution is 2.28. The first kappa shape index (κ1) is 25.6. The summed E-state index contributed by atoms with van der Waals surface area (Å²) in [6.07, 6.45) is 0.349. The Labute approximate surface area is 207 Å². The van der Waals surface area contributed by atoms with Crippen LogP contribution in [-0.2, 0) is 21.2 Å². The van der Waals surface area contributed by atoms with Crippen molar-refractivity contribution in [3.8, 4) is 0 Å². The Morgan fingerprint density at radius 1 is 1.06 bits per heavy atom. The molecule has 34 heavy (non-hydrogen) atoms. The van der Waals surface area contributed by atoms with E-state index in [0.29, 0.717) is 12.0 Å². The second kappa shape index (κ2) is 11.0. The minimum Gasteiger partial charge on any atom is -0.324 e. The van der Waals surface area contributed by atoms with Crippen molar-refractivity contribution in [1.29, 1.82) is 0 Å². The van der Waals surface area contributed by atoms with Crippen molar-refractivity contribution in [3.63, 3.8) is 0 Å². The van der Waals surface area contributed by atoms with Gasteiger partial charge in [-0.25, -0.2) is 8.42 Å². The lowest BCUT2D eigenvalue weighted by atomic mass is 10.1. The van der Waals surface area contributed by atoms with Crippen LogP contribution in [0.2, 0.25) is 10.0 Å². The van der Waals surface area contributed by atoms with Crippen LogP contribution in [0, 0.1) is 17.0 Å². The number of carbonyl (C=O) groups is 1. The summed E-state index contributed by atoms with van der Waals surface area (Å²) >= 11 is 12.1. The van der Waals surface area contributed by atoms with Gasteiger partial charge in [-0.2, -0.15) is 4.31 Å². The summed E-state index contributed by atoms with van der Waals surface area (Å²) in [5.41, 5.74) is 1.51. The van der Waals surface area contributed by atoms with Gasteiger partial charge >= 0.3 is 0 Å². The number of rotatable bonds is 9. The molecule has 0 aliphatic heterocycles. The summed E-state index contributed by atoms with van der Waals surface area (Å²) in [6, 6.07) is 17.3. The molecule has 0 aromatic heterocycles. The Morgan fingerprint density at radius 2 is 1.76 bits per heavy atom. The molecule has 8 nitrogen and oxygen atoms in total. The largest absolute Gasteiger partial charge is 0.324 e. The van der Waals surface area contributed by atoms with E-state index in [1.54, 1.807) is 6.92 Å². The van der Waals surface area contributed by atoms with Crippen molar-refractivity contribution >= 4 is 50.5 Å². The molecule has 0 bridgehead atoms. The molecule has 0 saturated heterocycles. The zero-order valence-corrected chi connectivity index (χ0v) is 20.4. The molecule has 0 saturated carbocycles. The minimum atomic E-state index is -4.20. The normalized spacial score (nSPS) is 11.4. The van der Waals surface area contributed by atoms with E-state index in [2.05, 4.69) is 5.32 Å². The zero-order valence-electron chi connectivity index (χ0n) is 18.1. The number of benzene rings is 3. The highest BCUT2D eigenvalue weighted by molar-refractivity contribution is 7.89. The van der Waals surface area contributed by atoms with Crippen molar-refractivity contribution in [2.75, 3.05) is 18.4 Å². The van der Waals surface area contributed by atoms with Crippen molar-refractivity contribution in [2.24, 2.45) is 0 Å². The summed E-state index contributed by atoms with van der Waals surface area (Å²) in [7, 11) is -4.20. The van der Waals surface area contributed by atoms with E-state index in [1.807, 2.05) is 30.3 Å². The number of nitrogens with one attached hydrogen (secondary N) is 1. The van der Waals surface area contributed by atoms with E-state index in [0.717, 1.165) is 9.87 Å². The maximum Gasteiger partial charge on any atom is 0.271 e. The molecule has 0 heterocycles. The standard InChI is InChI=1S/C23H21Cl2N3O5S/c1-16-7-9-19(28(30)31)14-21(16)26-23(29)15-27(12-11-17-5-3-2-4-6-17)34(32,33)22-13-18(24)8-10-20(22)25/h2-10,13-14H,11-12,15H2,1H3,(H,26,29). The van der Waals surface area contributed by atoms with Crippen LogP contribution < -0.4 is 5.32 Å². The van der Waals surface area contributed by atoms with Gasteiger partial charge in [0.05, 0.1) is 22.2 Å². The average molecular weight is 522 g/mol. The van der Waals surface area contributed by atoms with Gasteiger partial charge in [-0.1, -0.05) is 59.6 Å². The quantitative estimate of drug-likeness (QED) is 0.311. The molecule has 11 heteroatoms. The van der Waals surface area contributed by atoms with Gasteiger partial charge in [-0.3, -0.25) is 14.9 Å². The number of carbonyl (C=O) groups excluding carboxylic acids is 1. The molecule has 0 unspecified atom stereocenters. The second-order valence-electron chi connectivity index (χ2n) is 7.45. The maximum absolute atomic E-state index is 13.4. The Hall–Kier alpha value is -2.98. The molecule has 178 valence electrons. The fourth-order valence-electron chi connectivity index (χ4n) is 3.20. The molecule has 0 atom stereocenters. The first-order valence-electron chi connectivity index (χ1n) is 10.1. The van der Waals surface area contributed by atoms with Gasteiger partial charge in [0.2, 0.25) is 15.9 Å². The van der Waals surface area contributed by atoms with Gasteiger partial charge in [-0.15, -0.1) is 0 Å². The molecular formula is C23H21Cl2N3O5S. The second-order valence-corrected chi connectivity index (χ2v) is 10.2. The van der Waals surface area contributed by atoms with Crippen molar-refractivity contribution in [1.82, 2.24) is 4.31 Å². The van der Waals surface area contributed by atoms with Crippen LogP contribution in [0.5, 0.6) is 0 Å². The summed E-state index contributed by atoms with van der Waals surface area (Å²) in [5, 5.41) is 13.8.